The maximum atomic E-state index is 10.7. The van der Waals surface area contributed by atoms with Gasteiger partial charge in [0.2, 0.25) is 5.89 Å². The maximum absolute atomic E-state index is 10.7. The second-order valence-corrected chi connectivity index (χ2v) is 2.99. The zero-order valence-electron chi connectivity index (χ0n) is 9.03. The average Bonchev–Trinajstić information content (AvgIpc) is 2.53. The predicted octanol–water partition coefficient (Wildman–Crippen LogP) is 1.07. The number of ether oxygens (including phenoxy) is 1. The number of carbonyl (C=O) groups excluding carboxylic acids is 1. The Labute approximate surface area is 88.1 Å². The predicted molar refractivity (Wildman–Crippen MR) is 54.0 cm³/mol. The van der Waals surface area contributed by atoms with E-state index in [0.717, 1.165) is 11.5 Å². The van der Waals surface area contributed by atoms with Crippen LogP contribution in [-0.2, 0) is 16.1 Å². The summed E-state index contributed by atoms with van der Waals surface area (Å²) in [6.07, 6.45) is 2.79. The minimum Gasteiger partial charge on any atom is -0.466 e. The molecule has 1 aromatic rings. The van der Waals surface area contributed by atoms with E-state index in [1.54, 1.807) is 0 Å². The van der Waals surface area contributed by atoms with E-state index in [0.29, 0.717) is 12.4 Å². The molecule has 5 heteroatoms. The Balaban J connectivity index is 2.38. The Kier molecular flexibility index (Phi) is 3.91. The molecule has 0 aliphatic heterocycles. The number of esters is 1. The highest BCUT2D eigenvalue weighted by atomic mass is 16.5. The average molecular weight is 210 g/mol. The number of aryl methyl sites for hydroxylation is 2. The van der Waals surface area contributed by atoms with Crippen LogP contribution in [0, 0.1) is 13.8 Å². The molecule has 0 aromatic carbocycles. The molecule has 15 heavy (non-hydrogen) atoms. The summed E-state index contributed by atoms with van der Waals surface area (Å²) in [7, 11) is 1.33. The zero-order chi connectivity index (χ0) is 11.3. The van der Waals surface area contributed by atoms with Gasteiger partial charge in [0.1, 0.15) is 5.76 Å². The first-order valence-electron chi connectivity index (χ1n) is 4.54. The molecule has 1 rings (SSSR count). The van der Waals surface area contributed by atoms with Crippen molar-refractivity contribution in [3.63, 3.8) is 0 Å². The number of oxazole rings is 1. The van der Waals surface area contributed by atoms with Gasteiger partial charge in [0.15, 0.2) is 0 Å². The van der Waals surface area contributed by atoms with Gasteiger partial charge in [-0.15, -0.1) is 0 Å². The van der Waals surface area contributed by atoms with Crippen molar-refractivity contribution in [1.29, 1.82) is 0 Å². The monoisotopic (exact) mass is 210 g/mol. The van der Waals surface area contributed by atoms with Gasteiger partial charge in [0.05, 0.1) is 19.3 Å². The first-order valence-corrected chi connectivity index (χ1v) is 4.54. The molecule has 0 aliphatic carbocycles. The van der Waals surface area contributed by atoms with Crippen LogP contribution in [0.1, 0.15) is 17.3 Å². The van der Waals surface area contributed by atoms with E-state index < -0.39 is 5.97 Å². The number of aromatic nitrogens is 1. The first-order chi connectivity index (χ1) is 7.13. The summed E-state index contributed by atoms with van der Waals surface area (Å²) in [6, 6.07) is 0. The fraction of sp³-hybridized carbons (Fsp3) is 0.400. The largest absolute Gasteiger partial charge is 0.466 e. The summed E-state index contributed by atoms with van der Waals surface area (Å²) in [5, 5.41) is 2.87. The van der Waals surface area contributed by atoms with E-state index in [2.05, 4.69) is 15.0 Å². The lowest BCUT2D eigenvalue weighted by atomic mass is 10.4. The van der Waals surface area contributed by atoms with Crippen LogP contribution < -0.4 is 5.32 Å². The van der Waals surface area contributed by atoms with Crippen molar-refractivity contribution in [3.8, 4) is 0 Å². The van der Waals surface area contributed by atoms with Gasteiger partial charge in [0.25, 0.3) is 0 Å². The second kappa shape index (κ2) is 5.19. The topological polar surface area (TPSA) is 64.4 Å². The molecule has 0 saturated carbocycles. The summed E-state index contributed by atoms with van der Waals surface area (Å²) < 4.78 is 9.74. The quantitative estimate of drug-likeness (QED) is 0.594. The molecule has 0 radical (unpaired) electrons. The van der Waals surface area contributed by atoms with E-state index in [-0.39, 0.29) is 0 Å². The molecule has 1 heterocycles. The zero-order valence-corrected chi connectivity index (χ0v) is 9.03. The normalized spacial score (nSPS) is 10.6. The number of carbonyl (C=O) groups is 1. The number of nitrogens with one attached hydrogen (secondary N) is 1. The minimum absolute atomic E-state index is 0.401. The van der Waals surface area contributed by atoms with Crippen molar-refractivity contribution in [3.05, 3.63) is 29.6 Å². The van der Waals surface area contributed by atoms with Crippen LogP contribution in [0.15, 0.2) is 16.7 Å². The van der Waals surface area contributed by atoms with Gasteiger partial charge >= 0.3 is 5.97 Å². The summed E-state index contributed by atoms with van der Waals surface area (Å²) >= 11 is 0. The van der Waals surface area contributed by atoms with Gasteiger partial charge in [-0.25, -0.2) is 9.78 Å². The number of methoxy groups -OCH3 is 1. The molecule has 82 valence electrons. The lowest BCUT2D eigenvalue weighted by Gasteiger charge is -1.94. The van der Waals surface area contributed by atoms with Crippen molar-refractivity contribution in [2.75, 3.05) is 7.11 Å². The highest BCUT2D eigenvalue weighted by Crippen LogP contribution is 2.07. The molecule has 0 spiro atoms. The molecule has 1 aromatic heterocycles. The molecule has 0 saturated heterocycles. The number of hydrogen-bond donors (Lipinski definition) is 1. The molecule has 0 aliphatic rings. The molecule has 1 N–H and O–H groups in total. The van der Waals surface area contributed by atoms with Crippen LogP contribution in [0.3, 0.4) is 0 Å². The first kappa shape index (κ1) is 11.3. The lowest BCUT2D eigenvalue weighted by Crippen LogP contribution is -2.06. The third kappa shape index (κ3) is 3.46. The summed E-state index contributed by atoms with van der Waals surface area (Å²) in [6.45, 7) is 4.19. The number of rotatable bonds is 4. The molecular formula is C10H14N2O3. The van der Waals surface area contributed by atoms with Crippen molar-refractivity contribution >= 4 is 5.97 Å². The lowest BCUT2D eigenvalue weighted by molar-refractivity contribution is -0.134. The minimum atomic E-state index is -0.401. The summed E-state index contributed by atoms with van der Waals surface area (Å²) in [5.41, 5.74) is 0.878. The van der Waals surface area contributed by atoms with E-state index in [1.165, 1.54) is 19.4 Å². The molecular weight excluding hydrogens is 196 g/mol. The van der Waals surface area contributed by atoms with E-state index >= 15 is 0 Å². The fourth-order valence-electron chi connectivity index (χ4n) is 0.956. The molecule has 0 atom stereocenters. The third-order valence-corrected chi connectivity index (χ3v) is 1.86. The standard InChI is InChI=1S/C10H14N2O3/c1-7-8(2)15-9(12-7)6-11-5-4-10(13)14-3/h4-5,11H,6H2,1-3H3/b5-4+. The molecule has 0 bridgehead atoms. The Bertz CT molecular complexity index is 349. The van der Waals surface area contributed by atoms with Crippen LogP contribution in [0.5, 0.6) is 0 Å². The van der Waals surface area contributed by atoms with Gasteiger partial charge in [-0.3, -0.25) is 0 Å². The maximum Gasteiger partial charge on any atom is 0.331 e. The third-order valence-electron chi connectivity index (χ3n) is 1.86. The van der Waals surface area contributed by atoms with Crippen molar-refractivity contribution < 1.29 is 13.9 Å². The SMILES string of the molecule is COC(=O)/C=C/NCc1nc(C)c(C)o1. The number of hydrogen-bond acceptors (Lipinski definition) is 5. The Morgan fingerprint density at radius 2 is 2.33 bits per heavy atom. The highest BCUT2D eigenvalue weighted by molar-refractivity contribution is 5.81. The van der Waals surface area contributed by atoms with Crippen molar-refractivity contribution in [2.45, 2.75) is 20.4 Å². The summed E-state index contributed by atoms with van der Waals surface area (Å²) in [5.74, 6) is 1.01. The van der Waals surface area contributed by atoms with Crippen LogP contribution in [0.25, 0.3) is 0 Å². The van der Waals surface area contributed by atoms with Gasteiger partial charge < -0.3 is 14.5 Å². The van der Waals surface area contributed by atoms with E-state index in [4.69, 9.17) is 4.42 Å². The fourth-order valence-corrected chi connectivity index (χ4v) is 0.956. The van der Waals surface area contributed by atoms with Crippen LogP contribution in [0.4, 0.5) is 0 Å². The summed E-state index contributed by atoms with van der Waals surface area (Å²) in [4.78, 5) is 14.9. The van der Waals surface area contributed by atoms with Crippen LogP contribution in [-0.4, -0.2) is 18.1 Å². The molecule has 5 nitrogen and oxygen atoms in total. The number of nitrogens with zero attached hydrogens (tertiary/aromatic N) is 1. The van der Waals surface area contributed by atoms with E-state index in [1.807, 2.05) is 13.8 Å². The molecule has 0 amide bonds. The van der Waals surface area contributed by atoms with Gasteiger partial charge in [-0.2, -0.15) is 0 Å². The smallest absolute Gasteiger partial charge is 0.331 e. The second-order valence-electron chi connectivity index (χ2n) is 2.99. The molecule has 0 fully saturated rings. The van der Waals surface area contributed by atoms with Crippen LogP contribution >= 0.6 is 0 Å². The Morgan fingerprint density at radius 1 is 1.60 bits per heavy atom. The van der Waals surface area contributed by atoms with Gasteiger partial charge in [-0.05, 0) is 13.8 Å². The van der Waals surface area contributed by atoms with E-state index in [9.17, 15) is 4.79 Å². The van der Waals surface area contributed by atoms with Gasteiger partial charge in [-0.1, -0.05) is 0 Å². The van der Waals surface area contributed by atoms with Crippen molar-refractivity contribution in [2.24, 2.45) is 0 Å². The Morgan fingerprint density at radius 3 is 2.87 bits per heavy atom. The molecule has 0 unspecified atom stereocenters. The Hall–Kier alpha value is -1.78. The van der Waals surface area contributed by atoms with Crippen molar-refractivity contribution in [1.82, 2.24) is 10.3 Å². The van der Waals surface area contributed by atoms with Gasteiger partial charge in [0, 0.05) is 12.3 Å². The highest BCUT2D eigenvalue weighted by Gasteiger charge is 2.03. The van der Waals surface area contributed by atoms with Crippen LogP contribution in [0.2, 0.25) is 0 Å².